The SMILES string of the molecule is CN1C(=O)[C@]23CC4C(C)(C)[C@@]5(C[C@@]41CN2CCC31CO1)C(=O)Nc1c5ccc2c1OC=CC(C)(C)O2. The smallest absolute Gasteiger partial charge is 0.246 e. The summed E-state index contributed by atoms with van der Waals surface area (Å²) in [5.41, 5.74) is -1.41. The molecule has 7 heterocycles. The van der Waals surface area contributed by atoms with Crippen molar-refractivity contribution < 1.29 is 23.8 Å². The molecule has 7 aliphatic heterocycles. The molecule has 2 bridgehead atoms. The second-order valence-corrected chi connectivity index (χ2v) is 13.2. The van der Waals surface area contributed by atoms with Crippen LogP contribution in [-0.4, -0.2) is 70.6 Å². The number of nitrogens with zero attached hydrogens (tertiary/aromatic N) is 2. The summed E-state index contributed by atoms with van der Waals surface area (Å²) in [6.07, 6.45) is 5.78. The van der Waals surface area contributed by atoms with Gasteiger partial charge in [0.2, 0.25) is 11.8 Å². The molecule has 9 rings (SSSR count). The number of hydrogen-bond donors (Lipinski definition) is 1. The molecule has 1 saturated carbocycles. The van der Waals surface area contributed by atoms with Crippen LogP contribution in [0.3, 0.4) is 0 Å². The first-order valence-corrected chi connectivity index (χ1v) is 13.1. The predicted octanol–water partition coefficient (Wildman–Crippen LogP) is 2.81. The Morgan fingerprint density at radius 1 is 1.14 bits per heavy atom. The van der Waals surface area contributed by atoms with Gasteiger partial charge in [0, 0.05) is 20.1 Å². The van der Waals surface area contributed by atoms with Crippen molar-refractivity contribution in [2.24, 2.45) is 11.3 Å². The zero-order valence-corrected chi connectivity index (χ0v) is 21.6. The van der Waals surface area contributed by atoms with E-state index in [1.54, 1.807) is 6.26 Å². The summed E-state index contributed by atoms with van der Waals surface area (Å²) in [7, 11) is 1.96. The van der Waals surface area contributed by atoms with Gasteiger partial charge in [-0.3, -0.25) is 14.5 Å². The van der Waals surface area contributed by atoms with Gasteiger partial charge in [0.1, 0.15) is 16.7 Å². The van der Waals surface area contributed by atoms with Crippen LogP contribution in [0.5, 0.6) is 11.5 Å². The molecule has 1 aliphatic carbocycles. The quantitative estimate of drug-likeness (QED) is 0.562. The first-order valence-electron chi connectivity index (χ1n) is 13.1. The van der Waals surface area contributed by atoms with E-state index >= 15 is 0 Å². The number of carbonyl (C=O) groups is 2. The third-order valence-corrected chi connectivity index (χ3v) is 11.3. The number of epoxide rings is 1. The van der Waals surface area contributed by atoms with Crippen molar-refractivity contribution >= 4 is 17.5 Å². The standard InChI is InChI=1S/C28H33N3O5/c1-23(2)9-11-34-20-17(36-23)7-6-16-19(20)29-21(32)27(16)13-25-14-31-10-8-26(15-35-26)28(31,22(33)30(25)5)12-18(25)24(27,3)4/h6-7,9,11,18H,8,10,12-15H2,1-5H3,(H,29,32)/t18?,25-,26?,27-,28+/m1/s1. The fourth-order valence-corrected chi connectivity index (χ4v) is 9.35. The summed E-state index contributed by atoms with van der Waals surface area (Å²) in [6, 6.07) is 3.99. The van der Waals surface area contributed by atoms with Crippen LogP contribution >= 0.6 is 0 Å². The lowest BCUT2D eigenvalue weighted by atomic mass is 9.56. The van der Waals surface area contributed by atoms with Gasteiger partial charge in [-0.25, -0.2) is 0 Å². The molecule has 0 radical (unpaired) electrons. The Hall–Kier alpha value is -2.58. The predicted molar refractivity (Wildman–Crippen MR) is 131 cm³/mol. The fraction of sp³-hybridized carbons (Fsp3) is 0.643. The highest BCUT2D eigenvalue weighted by Gasteiger charge is 2.85. The third kappa shape index (κ3) is 1.97. The van der Waals surface area contributed by atoms with Crippen molar-refractivity contribution in [2.45, 2.75) is 74.7 Å². The van der Waals surface area contributed by atoms with Crippen LogP contribution in [0, 0.1) is 11.3 Å². The Kier molecular flexibility index (Phi) is 3.45. The molecule has 2 unspecified atom stereocenters. The van der Waals surface area contributed by atoms with E-state index in [0.717, 1.165) is 31.5 Å². The number of anilines is 1. The summed E-state index contributed by atoms with van der Waals surface area (Å²) in [5, 5.41) is 3.22. The lowest BCUT2D eigenvalue weighted by molar-refractivity contribution is -0.191. The Bertz CT molecular complexity index is 1310. The highest BCUT2D eigenvalue weighted by Crippen LogP contribution is 2.74. The fourth-order valence-electron chi connectivity index (χ4n) is 9.35. The minimum Gasteiger partial charge on any atom is -0.480 e. The van der Waals surface area contributed by atoms with E-state index in [1.807, 2.05) is 44.0 Å². The van der Waals surface area contributed by atoms with Crippen LogP contribution in [0.15, 0.2) is 24.5 Å². The average Bonchev–Trinajstić information content (AvgIpc) is 3.45. The normalized spacial score (nSPS) is 44.0. The maximum Gasteiger partial charge on any atom is 0.246 e. The molecular weight excluding hydrogens is 458 g/mol. The van der Waals surface area contributed by atoms with Crippen LogP contribution in [0.1, 0.15) is 52.5 Å². The summed E-state index contributed by atoms with van der Waals surface area (Å²) in [4.78, 5) is 32.7. The van der Waals surface area contributed by atoms with Crippen molar-refractivity contribution in [3.05, 3.63) is 30.0 Å². The lowest BCUT2D eigenvalue weighted by Gasteiger charge is -2.64. The van der Waals surface area contributed by atoms with Crippen LogP contribution in [0.2, 0.25) is 0 Å². The molecule has 1 aromatic rings. The molecule has 1 aromatic carbocycles. The molecule has 5 saturated heterocycles. The molecule has 1 N–H and O–H groups in total. The Morgan fingerprint density at radius 3 is 2.67 bits per heavy atom. The number of benzene rings is 1. The van der Waals surface area contributed by atoms with E-state index in [-0.39, 0.29) is 23.3 Å². The second-order valence-electron chi connectivity index (χ2n) is 13.2. The summed E-state index contributed by atoms with van der Waals surface area (Å²) in [5.74, 6) is 1.51. The molecule has 8 aliphatic rings. The number of piperazine rings is 1. The largest absolute Gasteiger partial charge is 0.480 e. The van der Waals surface area contributed by atoms with E-state index in [1.165, 1.54) is 0 Å². The third-order valence-electron chi connectivity index (χ3n) is 11.3. The zero-order chi connectivity index (χ0) is 25.1. The number of nitrogens with one attached hydrogen (secondary N) is 1. The summed E-state index contributed by atoms with van der Waals surface area (Å²) >= 11 is 0. The van der Waals surface area contributed by atoms with Gasteiger partial charge < -0.3 is 24.4 Å². The zero-order valence-electron chi connectivity index (χ0n) is 21.6. The van der Waals surface area contributed by atoms with Crippen molar-refractivity contribution in [1.82, 2.24) is 9.80 Å². The summed E-state index contributed by atoms with van der Waals surface area (Å²) in [6.45, 7) is 10.8. The Morgan fingerprint density at radius 2 is 1.92 bits per heavy atom. The van der Waals surface area contributed by atoms with Gasteiger partial charge in [0.05, 0.1) is 29.5 Å². The second kappa shape index (κ2) is 5.78. The van der Waals surface area contributed by atoms with Crippen molar-refractivity contribution in [2.75, 3.05) is 32.1 Å². The van der Waals surface area contributed by atoms with Gasteiger partial charge in [-0.15, -0.1) is 0 Å². The Balaban J connectivity index is 1.31. The number of amides is 2. The lowest BCUT2D eigenvalue weighted by Crippen LogP contribution is -2.81. The minimum atomic E-state index is -0.783. The van der Waals surface area contributed by atoms with Crippen molar-refractivity contribution in [3.8, 4) is 11.5 Å². The van der Waals surface area contributed by atoms with E-state index in [2.05, 4.69) is 24.1 Å². The summed E-state index contributed by atoms with van der Waals surface area (Å²) < 4.78 is 18.3. The molecule has 190 valence electrons. The highest BCUT2D eigenvalue weighted by atomic mass is 16.6. The molecule has 4 spiro atoms. The number of likely N-dealkylation sites (N-methyl/N-ethyl adjacent to an activating group) is 1. The van der Waals surface area contributed by atoms with Crippen molar-refractivity contribution in [3.63, 3.8) is 0 Å². The first kappa shape index (κ1) is 21.5. The number of fused-ring (bicyclic) bond motifs is 5. The Labute approximate surface area is 210 Å². The van der Waals surface area contributed by atoms with Crippen LogP contribution < -0.4 is 14.8 Å². The maximum absolute atomic E-state index is 14.2. The van der Waals surface area contributed by atoms with E-state index in [4.69, 9.17) is 14.2 Å². The number of piperidine rings is 2. The molecule has 0 aromatic heterocycles. The topological polar surface area (TPSA) is 83.6 Å². The molecule has 8 nitrogen and oxygen atoms in total. The van der Waals surface area contributed by atoms with E-state index in [0.29, 0.717) is 30.2 Å². The first-order chi connectivity index (χ1) is 16.9. The molecule has 2 amide bonds. The number of hydrogen-bond acceptors (Lipinski definition) is 6. The van der Waals surface area contributed by atoms with Gasteiger partial charge in [-0.2, -0.15) is 0 Å². The van der Waals surface area contributed by atoms with E-state index < -0.39 is 27.5 Å². The van der Waals surface area contributed by atoms with Gasteiger partial charge in [-0.1, -0.05) is 19.9 Å². The van der Waals surface area contributed by atoms with Gasteiger partial charge in [0.15, 0.2) is 11.5 Å². The number of rotatable bonds is 0. The van der Waals surface area contributed by atoms with Gasteiger partial charge in [0.25, 0.3) is 0 Å². The monoisotopic (exact) mass is 491 g/mol. The van der Waals surface area contributed by atoms with E-state index in [9.17, 15) is 9.59 Å². The molecule has 8 heteroatoms. The van der Waals surface area contributed by atoms with Gasteiger partial charge >= 0.3 is 0 Å². The molecular formula is C28H33N3O5. The minimum absolute atomic E-state index is 0.00453. The van der Waals surface area contributed by atoms with Crippen LogP contribution in [0.25, 0.3) is 0 Å². The van der Waals surface area contributed by atoms with Crippen LogP contribution in [-0.2, 0) is 19.7 Å². The molecule has 36 heavy (non-hydrogen) atoms. The molecule has 5 atom stereocenters. The number of ether oxygens (including phenoxy) is 3. The van der Waals surface area contributed by atoms with Crippen molar-refractivity contribution in [1.29, 1.82) is 0 Å². The maximum atomic E-state index is 14.2. The number of carbonyl (C=O) groups excluding carboxylic acids is 2. The highest BCUT2D eigenvalue weighted by molar-refractivity contribution is 6.09. The average molecular weight is 492 g/mol. The molecule has 6 fully saturated rings. The van der Waals surface area contributed by atoms with Gasteiger partial charge in [-0.05, 0) is 62.1 Å². The van der Waals surface area contributed by atoms with Crippen LogP contribution in [0.4, 0.5) is 5.69 Å².